The van der Waals surface area contributed by atoms with E-state index >= 15 is 0 Å². The number of pyridine rings is 1. The minimum Gasteiger partial charge on any atom is -0.356 e. The van der Waals surface area contributed by atoms with Crippen molar-refractivity contribution in [2.45, 2.75) is 13.0 Å². The molecule has 0 saturated carbocycles. The Hall–Kier alpha value is -2.52. The van der Waals surface area contributed by atoms with Gasteiger partial charge in [0, 0.05) is 30.9 Å². The normalized spacial score (nSPS) is 13.8. The van der Waals surface area contributed by atoms with Crippen molar-refractivity contribution in [3.8, 4) is 11.4 Å². The van der Waals surface area contributed by atoms with Crippen LogP contribution in [0, 0.1) is 0 Å². The maximum absolute atomic E-state index is 4.76. The summed E-state index contributed by atoms with van der Waals surface area (Å²) in [5, 5.41) is 11.4. The molecule has 0 aliphatic carbocycles. The van der Waals surface area contributed by atoms with Gasteiger partial charge >= 0.3 is 0 Å². The Morgan fingerprint density at radius 1 is 1.23 bits per heavy atom. The Labute approximate surface area is 159 Å². The number of nitrogens with one attached hydrogen (secondary N) is 2. The van der Waals surface area contributed by atoms with Crippen LogP contribution < -0.4 is 15.5 Å². The smallest absolute Gasteiger partial charge is 0.197 e. The highest BCUT2D eigenvalue weighted by atomic mass is 32.1. The summed E-state index contributed by atoms with van der Waals surface area (Å²) in [4.78, 5) is 20.2. The quantitative estimate of drug-likeness (QED) is 0.703. The van der Waals surface area contributed by atoms with Crippen molar-refractivity contribution in [2.24, 2.45) is 4.99 Å². The molecule has 0 fully saturated rings. The van der Waals surface area contributed by atoms with E-state index < -0.39 is 0 Å². The van der Waals surface area contributed by atoms with Gasteiger partial charge in [0.2, 0.25) is 0 Å². The Bertz CT molecular complexity index is 888. The fourth-order valence-corrected chi connectivity index (χ4v) is 3.84. The van der Waals surface area contributed by atoms with Crippen molar-refractivity contribution in [2.75, 3.05) is 30.4 Å². The fraction of sp³-hybridized carbons (Fsp3) is 0.294. The number of hydrogen-bond acceptors (Lipinski definition) is 9. The molecule has 0 unspecified atom stereocenters. The summed E-state index contributed by atoms with van der Waals surface area (Å²) < 4.78 is 0. The van der Waals surface area contributed by atoms with E-state index in [4.69, 9.17) is 4.98 Å². The van der Waals surface area contributed by atoms with E-state index in [0.717, 1.165) is 60.0 Å². The molecule has 9 heteroatoms. The maximum atomic E-state index is 4.76. The van der Waals surface area contributed by atoms with Crippen molar-refractivity contribution in [1.29, 1.82) is 0 Å². The summed E-state index contributed by atoms with van der Waals surface area (Å²) in [5.41, 5.74) is 4.61. The lowest BCUT2D eigenvalue weighted by Crippen LogP contribution is -2.35. The van der Waals surface area contributed by atoms with Crippen LogP contribution in [0.25, 0.3) is 11.4 Å². The van der Waals surface area contributed by atoms with Gasteiger partial charge in [-0.2, -0.15) is 0 Å². The molecule has 4 heterocycles. The number of aliphatic imine (C=N–C) groups is 1. The molecular weight excluding hydrogens is 366 g/mol. The van der Waals surface area contributed by atoms with Crippen LogP contribution in [-0.2, 0) is 6.54 Å². The van der Waals surface area contributed by atoms with Gasteiger partial charge in [0.25, 0.3) is 0 Å². The van der Waals surface area contributed by atoms with E-state index in [9.17, 15) is 0 Å². The molecule has 1 aliphatic rings. The Kier molecular flexibility index (Phi) is 5.07. The molecule has 0 bridgehead atoms. The fourth-order valence-electron chi connectivity index (χ4n) is 2.58. The second-order valence-electron chi connectivity index (χ2n) is 5.89. The highest BCUT2D eigenvalue weighted by molar-refractivity contribution is 7.14. The topological polar surface area (TPSA) is 78.3 Å². The van der Waals surface area contributed by atoms with Gasteiger partial charge in [-0.1, -0.05) is 6.07 Å². The van der Waals surface area contributed by atoms with Crippen LogP contribution in [0.4, 0.5) is 10.9 Å². The predicted octanol–water partition coefficient (Wildman–Crippen LogP) is 3.06. The SMILES string of the molecule is CN(Cc1cscn1)c1cccc(-c2csc(NC3=NCCCN3)n2)n1. The molecule has 0 radical (unpaired) electrons. The second kappa shape index (κ2) is 7.79. The first-order valence-corrected chi connectivity index (χ1v) is 10.2. The zero-order chi connectivity index (χ0) is 17.8. The number of hydrogen-bond donors (Lipinski definition) is 2. The van der Waals surface area contributed by atoms with E-state index in [1.54, 1.807) is 22.7 Å². The Morgan fingerprint density at radius 3 is 3.00 bits per heavy atom. The van der Waals surface area contributed by atoms with E-state index in [0.29, 0.717) is 0 Å². The molecule has 26 heavy (non-hydrogen) atoms. The lowest BCUT2D eigenvalue weighted by Gasteiger charge is -2.17. The van der Waals surface area contributed by atoms with Gasteiger partial charge in [-0.25, -0.2) is 15.0 Å². The second-order valence-corrected chi connectivity index (χ2v) is 7.47. The van der Waals surface area contributed by atoms with Crippen molar-refractivity contribution < 1.29 is 0 Å². The number of aromatic nitrogens is 3. The minimum absolute atomic E-state index is 0.731. The predicted molar refractivity (Wildman–Crippen MR) is 108 cm³/mol. The average molecular weight is 386 g/mol. The number of nitrogens with zero attached hydrogens (tertiary/aromatic N) is 5. The molecule has 0 amide bonds. The zero-order valence-electron chi connectivity index (χ0n) is 14.3. The zero-order valence-corrected chi connectivity index (χ0v) is 16.0. The van der Waals surface area contributed by atoms with Crippen LogP contribution in [-0.4, -0.2) is 41.0 Å². The van der Waals surface area contributed by atoms with E-state index in [1.165, 1.54) is 0 Å². The lowest BCUT2D eigenvalue weighted by molar-refractivity contribution is 0.740. The molecule has 4 rings (SSSR count). The van der Waals surface area contributed by atoms with Crippen LogP contribution in [0.3, 0.4) is 0 Å². The third-order valence-electron chi connectivity index (χ3n) is 3.90. The summed E-state index contributed by atoms with van der Waals surface area (Å²) in [5.74, 6) is 1.69. The third kappa shape index (κ3) is 4.00. The third-order valence-corrected chi connectivity index (χ3v) is 5.29. The molecule has 7 nitrogen and oxygen atoms in total. The molecule has 134 valence electrons. The summed E-state index contributed by atoms with van der Waals surface area (Å²) in [6.45, 7) is 2.52. The molecule has 2 N–H and O–H groups in total. The van der Waals surface area contributed by atoms with Crippen LogP contribution in [0.2, 0.25) is 0 Å². The molecule has 0 spiro atoms. The molecule has 3 aromatic heterocycles. The van der Waals surface area contributed by atoms with E-state index in [2.05, 4.69) is 35.9 Å². The van der Waals surface area contributed by atoms with Gasteiger partial charge in [-0.15, -0.1) is 22.7 Å². The lowest BCUT2D eigenvalue weighted by atomic mass is 10.3. The number of rotatable bonds is 5. The highest BCUT2D eigenvalue weighted by Crippen LogP contribution is 2.25. The van der Waals surface area contributed by atoms with Crippen LogP contribution in [0.5, 0.6) is 0 Å². The van der Waals surface area contributed by atoms with Crippen LogP contribution in [0.1, 0.15) is 12.1 Å². The number of guanidine groups is 1. The first kappa shape index (κ1) is 16.9. The van der Waals surface area contributed by atoms with Gasteiger partial charge in [-0.05, 0) is 18.6 Å². The molecule has 0 aromatic carbocycles. The van der Waals surface area contributed by atoms with Gasteiger partial charge in [0.1, 0.15) is 11.5 Å². The van der Waals surface area contributed by atoms with Crippen LogP contribution in [0.15, 0.2) is 39.5 Å². The van der Waals surface area contributed by atoms with Crippen LogP contribution >= 0.6 is 22.7 Å². The number of thiazole rings is 2. The van der Waals surface area contributed by atoms with Crippen molar-refractivity contribution in [3.05, 3.63) is 40.2 Å². The molecular formula is C17H19N7S2. The van der Waals surface area contributed by atoms with Crippen molar-refractivity contribution >= 4 is 39.6 Å². The van der Waals surface area contributed by atoms with E-state index in [-0.39, 0.29) is 0 Å². The van der Waals surface area contributed by atoms with E-state index in [1.807, 2.05) is 36.1 Å². The summed E-state index contributed by atoms with van der Waals surface area (Å²) in [6, 6.07) is 5.99. The minimum atomic E-state index is 0.731. The van der Waals surface area contributed by atoms with Gasteiger partial charge < -0.3 is 15.5 Å². The van der Waals surface area contributed by atoms with Gasteiger partial charge in [0.05, 0.1) is 23.4 Å². The Morgan fingerprint density at radius 2 is 2.19 bits per heavy atom. The largest absolute Gasteiger partial charge is 0.356 e. The average Bonchev–Trinajstić information content (AvgIpc) is 3.35. The molecule has 0 atom stereocenters. The Balaban J connectivity index is 1.48. The first-order chi connectivity index (χ1) is 12.8. The molecule has 1 aliphatic heterocycles. The highest BCUT2D eigenvalue weighted by Gasteiger charge is 2.11. The number of anilines is 2. The van der Waals surface area contributed by atoms with Gasteiger partial charge in [0.15, 0.2) is 11.1 Å². The summed E-state index contributed by atoms with van der Waals surface area (Å²) in [7, 11) is 2.02. The van der Waals surface area contributed by atoms with Crippen molar-refractivity contribution in [3.63, 3.8) is 0 Å². The first-order valence-electron chi connectivity index (χ1n) is 8.34. The standard InChI is InChI=1S/C17H19N7S2/c1-24(8-12-9-25-11-20-12)15-5-2-4-13(21-15)14-10-26-17(22-14)23-16-18-6-3-7-19-16/h2,4-5,9-11H,3,6-8H2,1H3,(H2,18,19,22,23). The molecule has 0 saturated heterocycles. The maximum Gasteiger partial charge on any atom is 0.197 e. The molecule has 3 aromatic rings. The monoisotopic (exact) mass is 385 g/mol. The summed E-state index contributed by atoms with van der Waals surface area (Å²) in [6.07, 6.45) is 1.07. The van der Waals surface area contributed by atoms with Gasteiger partial charge in [-0.3, -0.25) is 4.99 Å². The summed E-state index contributed by atoms with van der Waals surface area (Å²) >= 11 is 3.16. The van der Waals surface area contributed by atoms with Crippen molar-refractivity contribution in [1.82, 2.24) is 20.3 Å².